The van der Waals surface area contributed by atoms with Crippen molar-refractivity contribution in [3.63, 3.8) is 0 Å². The Balaban J connectivity index is 1.91. The van der Waals surface area contributed by atoms with E-state index in [9.17, 15) is 14.0 Å². The first kappa shape index (κ1) is 14.5. The number of aryl methyl sites for hydroxylation is 1. The summed E-state index contributed by atoms with van der Waals surface area (Å²) in [4.78, 5) is 25.4. The molecular weight excluding hydrogens is 261 g/mol. The maximum absolute atomic E-state index is 13.8. The minimum Gasteiger partial charge on any atom is -0.343 e. The number of amides is 2. The third-order valence-corrected chi connectivity index (χ3v) is 3.31. The van der Waals surface area contributed by atoms with E-state index < -0.39 is 11.7 Å². The number of rotatable bonds is 3. The van der Waals surface area contributed by atoms with Crippen LogP contribution in [0.2, 0.25) is 0 Å². The highest BCUT2D eigenvalue weighted by Crippen LogP contribution is 2.11. The van der Waals surface area contributed by atoms with Crippen LogP contribution < -0.4 is 10.6 Å². The van der Waals surface area contributed by atoms with Crippen molar-refractivity contribution in [3.8, 4) is 0 Å². The first-order chi connectivity index (χ1) is 9.59. The largest absolute Gasteiger partial charge is 0.343 e. The normalized spacial score (nSPS) is 15.0. The molecule has 20 heavy (non-hydrogen) atoms. The van der Waals surface area contributed by atoms with Gasteiger partial charge in [0.25, 0.3) is 5.91 Å². The number of carbonyl (C=O) groups excluding carboxylic acids is 2. The van der Waals surface area contributed by atoms with E-state index in [4.69, 9.17) is 0 Å². The van der Waals surface area contributed by atoms with Gasteiger partial charge in [0.2, 0.25) is 5.91 Å². The van der Waals surface area contributed by atoms with Gasteiger partial charge in [0.15, 0.2) is 0 Å². The quantitative estimate of drug-likeness (QED) is 0.836. The molecule has 2 rings (SSSR count). The van der Waals surface area contributed by atoms with Crippen LogP contribution >= 0.6 is 0 Å². The molecule has 1 aliphatic heterocycles. The molecule has 0 radical (unpaired) electrons. The number of nitrogens with zero attached hydrogens (tertiary/aromatic N) is 1. The fourth-order valence-corrected chi connectivity index (χ4v) is 2.10. The molecule has 0 spiro atoms. The van der Waals surface area contributed by atoms with Gasteiger partial charge in [0, 0.05) is 26.2 Å². The van der Waals surface area contributed by atoms with Crippen molar-refractivity contribution in [1.82, 2.24) is 15.5 Å². The number of piperazine rings is 1. The first-order valence-corrected chi connectivity index (χ1v) is 6.61. The summed E-state index contributed by atoms with van der Waals surface area (Å²) < 4.78 is 13.8. The SMILES string of the molecule is Cc1cccc(C(=O)NCC(=O)N2CCNCC2)c1F. The van der Waals surface area contributed by atoms with Gasteiger partial charge in [0.05, 0.1) is 12.1 Å². The molecule has 2 amide bonds. The Hall–Kier alpha value is -1.95. The van der Waals surface area contributed by atoms with Gasteiger partial charge in [-0.25, -0.2) is 4.39 Å². The topological polar surface area (TPSA) is 61.4 Å². The highest BCUT2D eigenvalue weighted by molar-refractivity contribution is 5.96. The third kappa shape index (κ3) is 3.33. The van der Waals surface area contributed by atoms with Crippen LogP contribution in [-0.4, -0.2) is 49.4 Å². The molecule has 1 fully saturated rings. The minimum absolute atomic E-state index is 0.0295. The summed E-state index contributed by atoms with van der Waals surface area (Å²) in [6, 6.07) is 4.62. The van der Waals surface area contributed by atoms with Crippen LogP contribution in [0.4, 0.5) is 4.39 Å². The van der Waals surface area contributed by atoms with Crippen molar-refractivity contribution in [2.45, 2.75) is 6.92 Å². The van der Waals surface area contributed by atoms with Crippen LogP contribution in [0.25, 0.3) is 0 Å². The average Bonchev–Trinajstić information content (AvgIpc) is 2.48. The van der Waals surface area contributed by atoms with E-state index in [1.165, 1.54) is 6.07 Å². The zero-order chi connectivity index (χ0) is 14.5. The molecule has 1 aromatic rings. The summed E-state index contributed by atoms with van der Waals surface area (Å²) in [5, 5.41) is 5.62. The van der Waals surface area contributed by atoms with Crippen molar-refractivity contribution in [3.05, 3.63) is 35.1 Å². The molecule has 0 bridgehead atoms. The maximum atomic E-state index is 13.8. The Morgan fingerprint density at radius 3 is 2.75 bits per heavy atom. The molecule has 0 saturated carbocycles. The second kappa shape index (κ2) is 6.47. The number of hydrogen-bond acceptors (Lipinski definition) is 3. The molecule has 0 aliphatic carbocycles. The first-order valence-electron chi connectivity index (χ1n) is 6.61. The molecule has 0 atom stereocenters. The molecule has 1 heterocycles. The number of halogens is 1. The number of benzene rings is 1. The summed E-state index contributed by atoms with van der Waals surface area (Å²) >= 11 is 0. The van der Waals surface area contributed by atoms with Crippen LogP contribution in [0.15, 0.2) is 18.2 Å². The van der Waals surface area contributed by atoms with Crippen LogP contribution in [0.3, 0.4) is 0 Å². The lowest BCUT2D eigenvalue weighted by atomic mass is 10.1. The zero-order valence-corrected chi connectivity index (χ0v) is 11.4. The van der Waals surface area contributed by atoms with E-state index >= 15 is 0 Å². The van der Waals surface area contributed by atoms with Crippen LogP contribution in [0.5, 0.6) is 0 Å². The second-order valence-corrected chi connectivity index (χ2v) is 4.75. The van der Waals surface area contributed by atoms with Crippen molar-refractivity contribution in [2.75, 3.05) is 32.7 Å². The lowest BCUT2D eigenvalue weighted by Gasteiger charge is -2.27. The Kier molecular flexibility index (Phi) is 4.68. The average molecular weight is 279 g/mol. The Morgan fingerprint density at radius 1 is 1.35 bits per heavy atom. The fourth-order valence-electron chi connectivity index (χ4n) is 2.10. The van der Waals surface area contributed by atoms with Gasteiger partial charge in [-0.15, -0.1) is 0 Å². The van der Waals surface area contributed by atoms with Crippen molar-refractivity contribution in [2.24, 2.45) is 0 Å². The summed E-state index contributed by atoms with van der Waals surface area (Å²) in [6.07, 6.45) is 0. The van der Waals surface area contributed by atoms with Gasteiger partial charge >= 0.3 is 0 Å². The Morgan fingerprint density at radius 2 is 2.05 bits per heavy atom. The second-order valence-electron chi connectivity index (χ2n) is 4.75. The van der Waals surface area contributed by atoms with Crippen LogP contribution in [0, 0.1) is 12.7 Å². The van der Waals surface area contributed by atoms with Gasteiger partial charge in [-0.1, -0.05) is 12.1 Å². The number of carbonyl (C=O) groups is 2. The molecule has 6 heteroatoms. The predicted molar refractivity (Wildman–Crippen MR) is 72.9 cm³/mol. The van der Waals surface area contributed by atoms with Crippen molar-refractivity contribution in [1.29, 1.82) is 0 Å². The molecule has 108 valence electrons. The lowest BCUT2D eigenvalue weighted by Crippen LogP contribution is -2.49. The van der Waals surface area contributed by atoms with E-state index in [2.05, 4.69) is 10.6 Å². The van der Waals surface area contributed by atoms with E-state index in [0.29, 0.717) is 18.7 Å². The van der Waals surface area contributed by atoms with E-state index in [-0.39, 0.29) is 18.0 Å². The summed E-state index contributed by atoms with van der Waals surface area (Å²) in [5.74, 6) is -1.25. The van der Waals surface area contributed by atoms with Gasteiger partial charge in [-0.3, -0.25) is 9.59 Å². The number of hydrogen-bond donors (Lipinski definition) is 2. The fraction of sp³-hybridized carbons (Fsp3) is 0.429. The smallest absolute Gasteiger partial charge is 0.254 e. The van der Waals surface area contributed by atoms with Crippen molar-refractivity contribution < 1.29 is 14.0 Å². The Labute approximate surface area is 117 Å². The molecule has 1 aliphatic rings. The predicted octanol–water partition coefficient (Wildman–Crippen LogP) is 0.296. The van der Waals surface area contributed by atoms with Gasteiger partial charge in [-0.05, 0) is 18.6 Å². The number of nitrogens with one attached hydrogen (secondary N) is 2. The molecule has 0 aromatic heterocycles. The summed E-state index contributed by atoms with van der Waals surface area (Å²) in [6.45, 7) is 4.27. The molecular formula is C14H18FN3O2. The van der Waals surface area contributed by atoms with Gasteiger partial charge in [-0.2, -0.15) is 0 Å². The monoisotopic (exact) mass is 279 g/mol. The molecule has 5 nitrogen and oxygen atoms in total. The molecule has 0 unspecified atom stereocenters. The van der Waals surface area contributed by atoms with Crippen molar-refractivity contribution >= 4 is 11.8 Å². The van der Waals surface area contributed by atoms with E-state index in [0.717, 1.165) is 13.1 Å². The highest BCUT2D eigenvalue weighted by Gasteiger charge is 2.18. The van der Waals surface area contributed by atoms with Crippen LogP contribution in [0.1, 0.15) is 15.9 Å². The molecule has 1 aromatic carbocycles. The van der Waals surface area contributed by atoms with Gasteiger partial charge in [0.1, 0.15) is 5.82 Å². The summed E-state index contributed by atoms with van der Waals surface area (Å²) in [5.41, 5.74) is 0.379. The highest BCUT2D eigenvalue weighted by atomic mass is 19.1. The van der Waals surface area contributed by atoms with Crippen LogP contribution in [-0.2, 0) is 4.79 Å². The molecule has 1 saturated heterocycles. The minimum atomic E-state index is -0.560. The van der Waals surface area contributed by atoms with E-state index in [1.807, 2.05) is 0 Å². The molecule has 2 N–H and O–H groups in total. The standard InChI is InChI=1S/C14H18FN3O2/c1-10-3-2-4-11(13(10)15)14(20)17-9-12(19)18-7-5-16-6-8-18/h2-4,16H,5-9H2,1H3,(H,17,20). The van der Waals surface area contributed by atoms with Gasteiger partial charge < -0.3 is 15.5 Å². The summed E-state index contributed by atoms with van der Waals surface area (Å²) in [7, 11) is 0. The maximum Gasteiger partial charge on any atom is 0.254 e. The van der Waals surface area contributed by atoms with E-state index in [1.54, 1.807) is 24.0 Å². The lowest BCUT2D eigenvalue weighted by molar-refractivity contribution is -0.130. The zero-order valence-electron chi connectivity index (χ0n) is 11.4. The third-order valence-electron chi connectivity index (χ3n) is 3.31. The Bertz CT molecular complexity index is 513.